The molecule has 2 aliphatic rings. The Bertz CT molecular complexity index is 1110. The molecule has 1 heterocycles. The van der Waals surface area contributed by atoms with E-state index < -0.39 is 5.60 Å². The van der Waals surface area contributed by atoms with Gasteiger partial charge in [-0.3, -0.25) is 0 Å². The predicted molar refractivity (Wildman–Crippen MR) is 139 cm³/mol. The average Bonchev–Trinajstić information content (AvgIpc) is 2.90. The summed E-state index contributed by atoms with van der Waals surface area (Å²) in [6, 6.07) is 26.7. The van der Waals surface area contributed by atoms with Crippen LogP contribution < -0.4 is 4.74 Å². The fraction of sp³-hybridized carbons (Fsp3) is 0.387. The second kappa shape index (κ2) is 10.8. The molecule has 182 valence electrons. The Labute approximate surface area is 208 Å². The van der Waals surface area contributed by atoms with Crippen LogP contribution in [0.2, 0.25) is 0 Å². The van der Waals surface area contributed by atoms with Crippen LogP contribution in [0.4, 0.5) is 0 Å². The van der Waals surface area contributed by atoms with Crippen molar-refractivity contribution in [3.8, 4) is 5.75 Å². The molecule has 5 rings (SSSR count). The highest BCUT2D eigenvalue weighted by atomic mass is 16.5. The summed E-state index contributed by atoms with van der Waals surface area (Å²) in [4.78, 5) is 14.6. The van der Waals surface area contributed by atoms with Gasteiger partial charge >= 0.3 is 0 Å². The zero-order chi connectivity index (χ0) is 24.1. The lowest BCUT2D eigenvalue weighted by molar-refractivity contribution is -0.110. The van der Waals surface area contributed by atoms with Crippen molar-refractivity contribution in [2.75, 3.05) is 19.6 Å². The molecule has 4 heteroatoms. The quantitative estimate of drug-likeness (QED) is 0.462. The number of benzene rings is 3. The van der Waals surface area contributed by atoms with Gasteiger partial charge in [-0.2, -0.15) is 0 Å². The number of aldehydes is 1. The maximum absolute atomic E-state index is 12.2. The highest BCUT2D eigenvalue weighted by Gasteiger charge is 2.35. The predicted octanol–water partition coefficient (Wildman–Crippen LogP) is 5.18. The number of piperidine rings is 1. The molecule has 0 saturated carbocycles. The number of likely N-dealkylation sites (tertiary alicyclic amines) is 1. The largest absolute Gasteiger partial charge is 0.489 e. The van der Waals surface area contributed by atoms with E-state index in [9.17, 15) is 9.90 Å². The number of aliphatic hydroxyl groups is 1. The van der Waals surface area contributed by atoms with E-state index in [1.165, 1.54) is 11.1 Å². The Morgan fingerprint density at radius 3 is 2.31 bits per heavy atom. The highest BCUT2D eigenvalue weighted by Crippen LogP contribution is 2.38. The van der Waals surface area contributed by atoms with Crippen molar-refractivity contribution in [2.45, 2.75) is 50.2 Å². The number of rotatable bonds is 8. The summed E-state index contributed by atoms with van der Waals surface area (Å²) in [6.07, 6.45) is 5.38. The zero-order valence-corrected chi connectivity index (χ0v) is 20.3. The topological polar surface area (TPSA) is 49.8 Å². The van der Waals surface area contributed by atoms with Gasteiger partial charge in [-0.1, -0.05) is 66.7 Å². The molecule has 0 amide bonds. The maximum atomic E-state index is 12.2. The van der Waals surface area contributed by atoms with Gasteiger partial charge in [0.1, 0.15) is 18.6 Å². The molecule has 1 saturated heterocycles. The third kappa shape index (κ3) is 5.83. The van der Waals surface area contributed by atoms with Crippen LogP contribution in [-0.4, -0.2) is 41.5 Å². The van der Waals surface area contributed by atoms with Crippen LogP contribution in [0.25, 0.3) is 0 Å². The molecule has 3 aromatic rings. The van der Waals surface area contributed by atoms with E-state index in [1.807, 2.05) is 42.5 Å². The fourth-order valence-corrected chi connectivity index (χ4v) is 5.75. The van der Waals surface area contributed by atoms with Gasteiger partial charge in [-0.05, 0) is 66.0 Å². The molecular weight excluding hydrogens is 434 g/mol. The first kappa shape index (κ1) is 23.8. The zero-order valence-electron chi connectivity index (χ0n) is 20.3. The number of ether oxygens (including phenoxy) is 1. The number of hydrogen-bond acceptors (Lipinski definition) is 4. The molecule has 2 atom stereocenters. The molecule has 1 aliphatic heterocycles. The first-order valence-corrected chi connectivity index (χ1v) is 12.9. The van der Waals surface area contributed by atoms with Crippen LogP contribution in [0.15, 0.2) is 78.9 Å². The van der Waals surface area contributed by atoms with Crippen molar-refractivity contribution in [1.82, 2.24) is 4.90 Å². The van der Waals surface area contributed by atoms with Crippen molar-refractivity contribution in [1.29, 1.82) is 0 Å². The first-order valence-electron chi connectivity index (χ1n) is 12.9. The minimum atomic E-state index is -0.628. The molecular formula is C31H35NO3. The molecule has 1 aliphatic carbocycles. The second-order valence-electron chi connectivity index (χ2n) is 10.3. The van der Waals surface area contributed by atoms with Crippen molar-refractivity contribution in [3.63, 3.8) is 0 Å². The lowest BCUT2D eigenvalue weighted by Gasteiger charge is -2.41. The van der Waals surface area contributed by atoms with Gasteiger partial charge in [0, 0.05) is 32.0 Å². The normalized spacial score (nSPS) is 21.7. The summed E-state index contributed by atoms with van der Waals surface area (Å²) < 4.78 is 6.02. The van der Waals surface area contributed by atoms with Gasteiger partial charge in [0.25, 0.3) is 0 Å². The third-order valence-corrected chi connectivity index (χ3v) is 7.82. The van der Waals surface area contributed by atoms with Gasteiger partial charge in [0.05, 0.1) is 5.60 Å². The molecule has 35 heavy (non-hydrogen) atoms. The van der Waals surface area contributed by atoms with E-state index in [4.69, 9.17) is 4.74 Å². The van der Waals surface area contributed by atoms with E-state index in [1.54, 1.807) is 0 Å². The number of nitrogens with zero attached hydrogens (tertiary/aromatic N) is 1. The molecule has 2 unspecified atom stereocenters. The van der Waals surface area contributed by atoms with Crippen LogP contribution in [0, 0.1) is 5.92 Å². The van der Waals surface area contributed by atoms with E-state index >= 15 is 0 Å². The monoisotopic (exact) mass is 469 g/mol. The van der Waals surface area contributed by atoms with E-state index in [-0.39, 0.29) is 5.92 Å². The van der Waals surface area contributed by atoms with Crippen molar-refractivity contribution in [3.05, 3.63) is 101 Å². The number of aryl methyl sites for hydroxylation is 1. The number of carbonyl (C=O) groups excluding carboxylic acids is 1. The molecule has 0 spiro atoms. The molecule has 3 aromatic carbocycles. The second-order valence-corrected chi connectivity index (χ2v) is 10.3. The Hall–Kier alpha value is -2.95. The van der Waals surface area contributed by atoms with E-state index in [0.717, 1.165) is 68.5 Å². The van der Waals surface area contributed by atoms with Crippen LogP contribution in [-0.2, 0) is 24.2 Å². The lowest BCUT2D eigenvalue weighted by atomic mass is 9.75. The summed E-state index contributed by atoms with van der Waals surface area (Å²) in [7, 11) is 0. The number of fused-ring (bicyclic) bond motifs is 1. The molecule has 0 bridgehead atoms. The molecule has 0 aromatic heterocycles. The van der Waals surface area contributed by atoms with Gasteiger partial charge < -0.3 is 19.5 Å². The number of hydrogen-bond donors (Lipinski definition) is 1. The summed E-state index contributed by atoms with van der Waals surface area (Å²) in [5.74, 6) is 1.10. The number of carbonyl (C=O) groups is 1. The summed E-state index contributed by atoms with van der Waals surface area (Å²) >= 11 is 0. The summed E-state index contributed by atoms with van der Waals surface area (Å²) in [5.41, 5.74) is 4.10. The van der Waals surface area contributed by atoms with Crippen LogP contribution in [0.5, 0.6) is 5.75 Å². The Balaban J connectivity index is 1.18. The molecule has 1 N–H and O–H groups in total. The average molecular weight is 470 g/mol. The van der Waals surface area contributed by atoms with Crippen LogP contribution >= 0.6 is 0 Å². The van der Waals surface area contributed by atoms with Crippen molar-refractivity contribution >= 4 is 6.29 Å². The van der Waals surface area contributed by atoms with Gasteiger partial charge in [0.2, 0.25) is 0 Å². The van der Waals surface area contributed by atoms with Crippen LogP contribution in [0.3, 0.4) is 0 Å². The SMILES string of the molecule is O=CC1c2ccc(OCc3ccccc3)cc2CCC1CN1CCC(O)(Cc2ccccc2)CC1. The summed E-state index contributed by atoms with van der Waals surface area (Å²) in [6.45, 7) is 3.22. The highest BCUT2D eigenvalue weighted by molar-refractivity contribution is 5.65. The Morgan fingerprint density at radius 2 is 1.63 bits per heavy atom. The minimum absolute atomic E-state index is 0.0768. The smallest absolute Gasteiger partial charge is 0.127 e. The van der Waals surface area contributed by atoms with E-state index in [2.05, 4.69) is 41.3 Å². The first-order chi connectivity index (χ1) is 17.1. The van der Waals surface area contributed by atoms with Crippen molar-refractivity contribution in [2.24, 2.45) is 5.92 Å². The molecule has 1 fully saturated rings. The molecule has 4 nitrogen and oxygen atoms in total. The summed E-state index contributed by atoms with van der Waals surface area (Å²) in [5, 5.41) is 11.1. The maximum Gasteiger partial charge on any atom is 0.127 e. The minimum Gasteiger partial charge on any atom is -0.489 e. The van der Waals surface area contributed by atoms with Crippen molar-refractivity contribution < 1.29 is 14.6 Å². The fourth-order valence-electron chi connectivity index (χ4n) is 5.75. The lowest BCUT2D eigenvalue weighted by Crippen LogP contribution is -2.47. The van der Waals surface area contributed by atoms with Gasteiger partial charge in [0.15, 0.2) is 0 Å². The standard InChI is InChI=1S/C31H35NO3/c33-22-30-27(21-32-17-15-31(34,16-18-32)20-24-7-3-1-4-8-24)12-11-26-19-28(13-14-29(26)30)35-23-25-9-5-2-6-10-25/h1-10,13-14,19,22,27,30,34H,11-12,15-18,20-21,23H2. The van der Waals surface area contributed by atoms with Crippen LogP contribution in [0.1, 0.15) is 47.4 Å². The Morgan fingerprint density at radius 1 is 0.943 bits per heavy atom. The van der Waals surface area contributed by atoms with Gasteiger partial charge in [-0.25, -0.2) is 0 Å². The van der Waals surface area contributed by atoms with E-state index in [0.29, 0.717) is 18.9 Å². The third-order valence-electron chi connectivity index (χ3n) is 7.82. The van der Waals surface area contributed by atoms with Gasteiger partial charge in [-0.15, -0.1) is 0 Å². The Kier molecular flexibility index (Phi) is 7.31. The molecule has 0 radical (unpaired) electrons.